The molecule has 0 atom stereocenters. The van der Waals surface area contributed by atoms with Crippen LogP contribution in [0, 0.1) is 0 Å². The maximum Gasteiger partial charge on any atom is 0.255 e. The maximum atomic E-state index is 12.4. The summed E-state index contributed by atoms with van der Waals surface area (Å²) in [6, 6.07) is 13.9. The number of carbonyl (C=O) groups is 3. The Kier molecular flexibility index (Phi) is 7.00. The zero-order valence-corrected chi connectivity index (χ0v) is 17.2. The third-order valence-corrected chi connectivity index (χ3v) is 4.33. The third-order valence-electron chi connectivity index (χ3n) is 4.33. The predicted molar refractivity (Wildman–Crippen MR) is 116 cm³/mol. The lowest BCUT2D eigenvalue weighted by molar-refractivity contribution is -0.119. The number of anilines is 2. The summed E-state index contributed by atoms with van der Waals surface area (Å²) in [5.41, 5.74) is 2.48. The van der Waals surface area contributed by atoms with Gasteiger partial charge in [0.15, 0.2) is 0 Å². The van der Waals surface area contributed by atoms with Crippen LogP contribution < -0.4 is 20.7 Å². The largest absolute Gasteiger partial charge is 0.497 e. The fourth-order valence-corrected chi connectivity index (χ4v) is 2.74. The van der Waals surface area contributed by atoms with Crippen LogP contribution in [0.3, 0.4) is 0 Å². The molecular weight excluding hydrogens is 398 g/mol. The average molecular weight is 421 g/mol. The second kappa shape index (κ2) is 10.1. The Bertz CT molecular complexity index is 1060. The van der Waals surface area contributed by atoms with Crippen molar-refractivity contribution in [2.75, 3.05) is 17.7 Å². The molecule has 3 rings (SSSR count). The Morgan fingerprint density at radius 2 is 1.68 bits per heavy atom. The Morgan fingerprint density at radius 3 is 2.32 bits per heavy atom. The van der Waals surface area contributed by atoms with Gasteiger partial charge in [0.2, 0.25) is 11.8 Å². The fraction of sp³-hybridized carbons (Fsp3) is 0.182. The van der Waals surface area contributed by atoms with Gasteiger partial charge in [-0.05, 0) is 42.0 Å². The summed E-state index contributed by atoms with van der Waals surface area (Å²) in [5, 5.41) is 12.3. The lowest BCUT2D eigenvalue weighted by atomic mass is 10.1. The van der Waals surface area contributed by atoms with Gasteiger partial charge in [-0.15, -0.1) is 0 Å². The van der Waals surface area contributed by atoms with Gasteiger partial charge in [0.05, 0.1) is 19.0 Å². The smallest absolute Gasteiger partial charge is 0.255 e. The average Bonchev–Trinajstić information content (AvgIpc) is 3.19. The molecule has 0 bridgehead atoms. The molecule has 3 amide bonds. The molecule has 0 radical (unpaired) electrons. The second-order valence-electron chi connectivity index (χ2n) is 6.76. The van der Waals surface area contributed by atoms with E-state index in [1.54, 1.807) is 61.8 Å². The normalized spacial score (nSPS) is 10.3. The molecule has 3 N–H and O–H groups in total. The molecule has 0 spiro atoms. The molecule has 31 heavy (non-hydrogen) atoms. The van der Waals surface area contributed by atoms with Gasteiger partial charge in [-0.3, -0.25) is 19.1 Å². The maximum absolute atomic E-state index is 12.4. The number of amides is 3. The predicted octanol–water partition coefficient (Wildman–Crippen LogP) is 2.42. The molecule has 9 nitrogen and oxygen atoms in total. The van der Waals surface area contributed by atoms with E-state index in [-0.39, 0.29) is 24.3 Å². The number of nitrogens with zero attached hydrogens (tertiary/aromatic N) is 2. The minimum Gasteiger partial charge on any atom is -0.497 e. The van der Waals surface area contributed by atoms with Crippen molar-refractivity contribution in [1.82, 2.24) is 15.1 Å². The first-order chi connectivity index (χ1) is 14.9. The van der Waals surface area contributed by atoms with E-state index in [2.05, 4.69) is 21.0 Å². The van der Waals surface area contributed by atoms with Crippen molar-refractivity contribution in [3.63, 3.8) is 0 Å². The highest BCUT2D eigenvalue weighted by atomic mass is 16.5. The summed E-state index contributed by atoms with van der Waals surface area (Å²) in [6.07, 6.45) is 3.06. The molecular formula is C22H23N5O4. The summed E-state index contributed by atoms with van der Waals surface area (Å²) < 4.78 is 6.52. The van der Waals surface area contributed by atoms with Gasteiger partial charge in [0, 0.05) is 30.9 Å². The summed E-state index contributed by atoms with van der Waals surface area (Å²) in [7, 11) is 1.57. The van der Waals surface area contributed by atoms with E-state index >= 15 is 0 Å². The van der Waals surface area contributed by atoms with Crippen molar-refractivity contribution in [3.05, 3.63) is 72.1 Å². The van der Waals surface area contributed by atoms with Gasteiger partial charge in [0.25, 0.3) is 5.91 Å². The highest BCUT2D eigenvalue weighted by Crippen LogP contribution is 2.15. The number of nitrogens with one attached hydrogen (secondary N) is 3. The Labute approximate surface area is 179 Å². The van der Waals surface area contributed by atoms with E-state index in [1.807, 2.05) is 0 Å². The third kappa shape index (κ3) is 6.43. The molecule has 0 aliphatic carbocycles. The van der Waals surface area contributed by atoms with Crippen LogP contribution in [-0.2, 0) is 22.7 Å². The monoisotopic (exact) mass is 421 g/mol. The first-order valence-corrected chi connectivity index (χ1v) is 9.54. The Hall–Kier alpha value is -4.14. The number of hydrogen-bond acceptors (Lipinski definition) is 5. The molecule has 0 aliphatic heterocycles. The van der Waals surface area contributed by atoms with Crippen molar-refractivity contribution in [2.24, 2.45) is 0 Å². The van der Waals surface area contributed by atoms with Crippen molar-refractivity contribution in [1.29, 1.82) is 0 Å². The number of rotatable bonds is 8. The van der Waals surface area contributed by atoms with Gasteiger partial charge in [-0.2, -0.15) is 5.10 Å². The highest BCUT2D eigenvalue weighted by molar-refractivity contribution is 6.04. The number of carbonyl (C=O) groups excluding carboxylic acids is 3. The van der Waals surface area contributed by atoms with E-state index in [4.69, 9.17) is 4.74 Å². The molecule has 2 aromatic carbocycles. The van der Waals surface area contributed by atoms with E-state index < -0.39 is 0 Å². The highest BCUT2D eigenvalue weighted by Gasteiger charge is 2.10. The van der Waals surface area contributed by atoms with E-state index in [0.717, 1.165) is 5.56 Å². The number of ether oxygens (including phenoxy) is 1. The quantitative estimate of drug-likeness (QED) is 0.517. The van der Waals surface area contributed by atoms with Crippen LogP contribution in [0.2, 0.25) is 0 Å². The molecule has 0 unspecified atom stereocenters. The standard InChI is InChI=1S/C22H23N5O4/c1-15(28)23-11-16-3-5-17(6-4-16)22(30)26-19-12-24-27(13-19)14-21(29)25-18-7-9-20(31-2)10-8-18/h3-10,12-13H,11,14H2,1-2H3,(H,23,28)(H,25,29)(H,26,30). The van der Waals surface area contributed by atoms with Crippen LogP contribution in [-0.4, -0.2) is 34.6 Å². The van der Waals surface area contributed by atoms with E-state index in [9.17, 15) is 14.4 Å². The fourth-order valence-electron chi connectivity index (χ4n) is 2.74. The molecule has 9 heteroatoms. The molecule has 1 heterocycles. The van der Waals surface area contributed by atoms with Gasteiger partial charge in [-0.25, -0.2) is 0 Å². The number of hydrogen-bond donors (Lipinski definition) is 3. The van der Waals surface area contributed by atoms with Gasteiger partial charge in [-0.1, -0.05) is 12.1 Å². The Balaban J connectivity index is 1.52. The second-order valence-corrected chi connectivity index (χ2v) is 6.76. The van der Waals surface area contributed by atoms with Crippen LogP contribution in [0.4, 0.5) is 11.4 Å². The van der Waals surface area contributed by atoms with Crippen LogP contribution in [0.5, 0.6) is 5.75 Å². The summed E-state index contributed by atoms with van der Waals surface area (Å²) in [5.74, 6) is 0.0403. The zero-order valence-electron chi connectivity index (χ0n) is 17.2. The Morgan fingerprint density at radius 1 is 0.968 bits per heavy atom. The lowest BCUT2D eigenvalue weighted by Gasteiger charge is -2.06. The first-order valence-electron chi connectivity index (χ1n) is 9.54. The number of methoxy groups -OCH3 is 1. The molecule has 0 saturated heterocycles. The van der Waals surface area contributed by atoms with Gasteiger partial charge >= 0.3 is 0 Å². The summed E-state index contributed by atoms with van der Waals surface area (Å²) in [6.45, 7) is 1.85. The topological polar surface area (TPSA) is 114 Å². The lowest BCUT2D eigenvalue weighted by Crippen LogP contribution is -2.19. The van der Waals surface area contributed by atoms with Crippen LogP contribution in [0.25, 0.3) is 0 Å². The van der Waals surface area contributed by atoms with Gasteiger partial charge in [0.1, 0.15) is 12.3 Å². The van der Waals surface area contributed by atoms with Crippen LogP contribution in [0.1, 0.15) is 22.8 Å². The van der Waals surface area contributed by atoms with Crippen molar-refractivity contribution in [3.8, 4) is 5.75 Å². The minimum atomic E-state index is -0.298. The zero-order chi connectivity index (χ0) is 22.2. The summed E-state index contributed by atoms with van der Waals surface area (Å²) >= 11 is 0. The first kappa shape index (κ1) is 21.6. The molecule has 160 valence electrons. The number of benzene rings is 2. The van der Waals surface area contributed by atoms with E-state index in [1.165, 1.54) is 17.8 Å². The molecule has 0 aliphatic rings. The number of aromatic nitrogens is 2. The minimum absolute atomic E-state index is 0.000253. The molecule has 0 saturated carbocycles. The van der Waals surface area contributed by atoms with Crippen molar-refractivity contribution >= 4 is 29.1 Å². The van der Waals surface area contributed by atoms with E-state index in [0.29, 0.717) is 29.2 Å². The molecule has 0 fully saturated rings. The van der Waals surface area contributed by atoms with Crippen LogP contribution in [0.15, 0.2) is 60.9 Å². The van der Waals surface area contributed by atoms with Crippen molar-refractivity contribution < 1.29 is 19.1 Å². The van der Waals surface area contributed by atoms with Crippen molar-refractivity contribution in [2.45, 2.75) is 20.0 Å². The van der Waals surface area contributed by atoms with Gasteiger partial charge < -0.3 is 20.7 Å². The van der Waals surface area contributed by atoms with Crippen LogP contribution >= 0.6 is 0 Å². The molecule has 3 aromatic rings. The summed E-state index contributed by atoms with van der Waals surface area (Å²) in [4.78, 5) is 35.6. The SMILES string of the molecule is COc1ccc(NC(=O)Cn2cc(NC(=O)c3ccc(CNC(C)=O)cc3)cn2)cc1. The molecule has 1 aromatic heterocycles.